The van der Waals surface area contributed by atoms with Gasteiger partial charge in [-0.05, 0) is 19.1 Å². The molecule has 6 rings (SSSR count). The molecule has 0 saturated carbocycles. The highest BCUT2D eigenvalue weighted by Crippen LogP contribution is 2.51. The third kappa shape index (κ3) is 1.58. The summed E-state index contributed by atoms with van der Waals surface area (Å²) >= 11 is 1.72. The van der Waals surface area contributed by atoms with Crippen molar-refractivity contribution in [2.45, 2.75) is 6.92 Å². The Hall–Kier alpha value is -2.85. The van der Waals surface area contributed by atoms with Gasteiger partial charge < -0.3 is 9.15 Å². The van der Waals surface area contributed by atoms with Gasteiger partial charge in [-0.25, -0.2) is 4.57 Å². The van der Waals surface area contributed by atoms with Crippen molar-refractivity contribution in [3.05, 3.63) is 53.5 Å². The molecule has 25 heavy (non-hydrogen) atoms. The summed E-state index contributed by atoms with van der Waals surface area (Å²) in [4.78, 5) is 0. The van der Waals surface area contributed by atoms with Crippen LogP contribution in [0.1, 0.15) is 5.56 Å². The molecule has 0 aliphatic carbocycles. The molecule has 0 bridgehead atoms. The zero-order valence-corrected chi connectivity index (χ0v) is 14.6. The average Bonchev–Trinajstić information content (AvgIpc) is 3.20. The molecular weight excluding hydrogens is 330 g/mol. The summed E-state index contributed by atoms with van der Waals surface area (Å²) in [6.07, 6.45) is 2.12. The maximum atomic E-state index is 6.31. The number of benzene rings is 2. The molecule has 4 heterocycles. The van der Waals surface area contributed by atoms with Crippen LogP contribution in [0, 0.1) is 6.92 Å². The second-order valence-corrected chi connectivity index (χ2v) is 7.48. The van der Waals surface area contributed by atoms with Gasteiger partial charge in [-0.15, -0.1) is 11.3 Å². The van der Waals surface area contributed by atoms with E-state index < -0.39 is 0 Å². The van der Waals surface area contributed by atoms with Gasteiger partial charge >= 0.3 is 0 Å². The number of aromatic nitrogens is 1. The first-order valence-corrected chi connectivity index (χ1v) is 9.13. The Kier molecular flexibility index (Phi) is 2.37. The normalized spacial score (nSPS) is 12.7. The lowest BCUT2D eigenvalue weighted by molar-refractivity contribution is -0.659. The summed E-state index contributed by atoms with van der Waals surface area (Å²) < 4.78 is 15.9. The maximum absolute atomic E-state index is 6.31. The highest BCUT2D eigenvalue weighted by Gasteiger charge is 2.32. The first kappa shape index (κ1) is 13.4. The molecule has 0 unspecified atom stereocenters. The largest absolute Gasteiger partial charge is 0.456 e. The summed E-state index contributed by atoms with van der Waals surface area (Å²) in [7, 11) is 2.09. The number of ether oxygens (including phenoxy) is 1. The van der Waals surface area contributed by atoms with Crippen LogP contribution in [0.5, 0.6) is 11.5 Å². The van der Waals surface area contributed by atoms with Crippen LogP contribution in [-0.2, 0) is 7.05 Å². The summed E-state index contributed by atoms with van der Waals surface area (Å²) in [6, 6.07) is 12.5. The van der Waals surface area contributed by atoms with Gasteiger partial charge in [0.15, 0.2) is 11.9 Å². The fraction of sp³-hybridized carbons (Fsp3) is 0.0952. The van der Waals surface area contributed by atoms with Crippen LogP contribution in [0.4, 0.5) is 0 Å². The highest BCUT2D eigenvalue weighted by atomic mass is 32.1. The van der Waals surface area contributed by atoms with E-state index >= 15 is 0 Å². The third-order valence-electron chi connectivity index (χ3n) is 5.15. The van der Waals surface area contributed by atoms with Gasteiger partial charge in [0, 0.05) is 27.8 Å². The van der Waals surface area contributed by atoms with Crippen LogP contribution in [0.3, 0.4) is 0 Å². The molecule has 0 atom stereocenters. The summed E-state index contributed by atoms with van der Waals surface area (Å²) in [5.41, 5.74) is 5.32. The van der Waals surface area contributed by atoms with Crippen LogP contribution < -0.4 is 9.30 Å². The van der Waals surface area contributed by atoms with Crippen LogP contribution in [0.25, 0.3) is 43.3 Å². The molecule has 0 fully saturated rings. The molecule has 0 radical (unpaired) electrons. The van der Waals surface area contributed by atoms with Crippen LogP contribution in [-0.4, -0.2) is 0 Å². The number of aryl methyl sites for hydroxylation is 2. The number of fused-ring (bicyclic) bond motifs is 5. The standard InChI is InChI=1S/C21H14NO2S/c1-11-18-15(9-13-12-5-3-4-6-14(12)24-21(11)13)23-16-10-25-17-7-8-22(2)20(18)19(16)17/h3-10H,1-2H3/q+1. The van der Waals surface area contributed by atoms with E-state index in [1.165, 1.54) is 15.8 Å². The number of furan rings is 1. The Morgan fingerprint density at radius 3 is 2.84 bits per heavy atom. The van der Waals surface area contributed by atoms with E-state index in [-0.39, 0.29) is 0 Å². The second kappa shape index (κ2) is 4.41. The number of hydrogen-bond acceptors (Lipinski definition) is 3. The Balaban J connectivity index is 1.83. The minimum atomic E-state index is 0.908. The lowest BCUT2D eigenvalue weighted by Gasteiger charge is -2.18. The van der Waals surface area contributed by atoms with Crippen molar-refractivity contribution in [1.82, 2.24) is 0 Å². The van der Waals surface area contributed by atoms with Gasteiger partial charge in [0.2, 0.25) is 5.69 Å². The van der Waals surface area contributed by atoms with Gasteiger partial charge in [0.05, 0.1) is 10.3 Å². The Morgan fingerprint density at radius 2 is 1.92 bits per heavy atom. The van der Waals surface area contributed by atoms with E-state index in [0.717, 1.165) is 44.6 Å². The molecule has 3 nitrogen and oxygen atoms in total. The van der Waals surface area contributed by atoms with Gasteiger partial charge in [0.25, 0.3) is 0 Å². The quantitative estimate of drug-likeness (QED) is 0.330. The summed E-state index contributed by atoms with van der Waals surface area (Å²) in [6.45, 7) is 2.13. The number of hydrogen-bond donors (Lipinski definition) is 0. The van der Waals surface area contributed by atoms with Crippen molar-refractivity contribution in [3.8, 4) is 22.8 Å². The Labute approximate surface area is 147 Å². The van der Waals surface area contributed by atoms with E-state index in [9.17, 15) is 0 Å². The summed E-state index contributed by atoms with van der Waals surface area (Å²) in [5, 5.41) is 5.54. The van der Waals surface area contributed by atoms with Crippen LogP contribution in [0.15, 0.2) is 52.4 Å². The molecule has 120 valence electrons. The molecule has 3 aromatic heterocycles. The fourth-order valence-electron chi connectivity index (χ4n) is 4.00. The lowest BCUT2D eigenvalue weighted by Crippen LogP contribution is -2.31. The number of rotatable bonds is 0. The topological polar surface area (TPSA) is 26.2 Å². The van der Waals surface area contributed by atoms with E-state index in [0.29, 0.717) is 0 Å². The smallest absolute Gasteiger partial charge is 0.229 e. The molecule has 0 amide bonds. The number of pyridine rings is 1. The molecule has 5 aromatic rings. The molecular formula is C21H14NO2S+. The van der Waals surface area contributed by atoms with Gasteiger partial charge in [-0.2, -0.15) is 0 Å². The molecule has 0 saturated heterocycles. The first-order valence-electron chi connectivity index (χ1n) is 8.25. The van der Waals surface area contributed by atoms with Crippen molar-refractivity contribution in [1.29, 1.82) is 0 Å². The molecule has 2 aromatic carbocycles. The van der Waals surface area contributed by atoms with Crippen molar-refractivity contribution in [2.24, 2.45) is 7.05 Å². The van der Waals surface area contributed by atoms with Crippen molar-refractivity contribution < 1.29 is 13.7 Å². The maximum Gasteiger partial charge on any atom is 0.229 e. The number of thiophene rings is 1. The molecule has 1 aliphatic rings. The Bertz CT molecular complexity index is 1340. The van der Waals surface area contributed by atoms with Crippen molar-refractivity contribution in [2.75, 3.05) is 0 Å². The van der Waals surface area contributed by atoms with E-state index in [2.05, 4.69) is 48.3 Å². The molecule has 0 spiro atoms. The van der Waals surface area contributed by atoms with E-state index in [1.54, 1.807) is 11.3 Å². The van der Waals surface area contributed by atoms with Crippen LogP contribution >= 0.6 is 11.3 Å². The number of para-hydroxylation sites is 1. The van der Waals surface area contributed by atoms with Gasteiger partial charge in [-0.1, -0.05) is 18.2 Å². The molecule has 1 aliphatic heterocycles. The second-order valence-electron chi connectivity index (χ2n) is 6.57. The average molecular weight is 344 g/mol. The number of nitrogens with zero attached hydrogens (tertiary/aromatic N) is 1. The van der Waals surface area contributed by atoms with Crippen molar-refractivity contribution in [3.63, 3.8) is 0 Å². The predicted molar refractivity (Wildman–Crippen MR) is 101 cm³/mol. The van der Waals surface area contributed by atoms with Crippen molar-refractivity contribution >= 4 is 43.4 Å². The van der Waals surface area contributed by atoms with Crippen LogP contribution in [0.2, 0.25) is 0 Å². The molecule has 4 heteroatoms. The minimum Gasteiger partial charge on any atom is -0.456 e. The lowest BCUT2D eigenvalue weighted by atomic mass is 9.96. The van der Waals surface area contributed by atoms with Gasteiger partial charge in [-0.3, -0.25) is 0 Å². The first-order chi connectivity index (χ1) is 12.2. The fourth-order valence-corrected chi connectivity index (χ4v) is 4.86. The third-order valence-corrected chi connectivity index (χ3v) is 6.08. The minimum absolute atomic E-state index is 0.908. The zero-order valence-electron chi connectivity index (χ0n) is 13.8. The summed E-state index contributed by atoms with van der Waals surface area (Å²) in [5.74, 6) is 1.86. The van der Waals surface area contributed by atoms with Gasteiger partial charge in [0.1, 0.15) is 29.3 Å². The zero-order chi connectivity index (χ0) is 16.7. The molecule has 0 N–H and O–H groups in total. The monoisotopic (exact) mass is 344 g/mol. The highest BCUT2D eigenvalue weighted by molar-refractivity contribution is 7.17. The SMILES string of the molecule is Cc1c2c(cc3c1oc1ccccc13)Oc1csc3cc[n+](C)c-2c13. The van der Waals surface area contributed by atoms with E-state index in [1.807, 2.05) is 18.2 Å². The van der Waals surface area contributed by atoms with E-state index in [4.69, 9.17) is 9.15 Å². The predicted octanol–water partition coefficient (Wildman–Crippen LogP) is 5.71. The Morgan fingerprint density at radius 1 is 1.04 bits per heavy atom.